The molecule has 0 spiro atoms. The van der Waals surface area contributed by atoms with Crippen LogP contribution in [0.4, 0.5) is 17.6 Å². The van der Waals surface area contributed by atoms with E-state index in [4.69, 9.17) is 11.6 Å². The number of halogens is 5. The van der Waals surface area contributed by atoms with Crippen molar-refractivity contribution >= 4 is 33.4 Å². The smallest absolute Gasteiger partial charge is 0.276 e. The van der Waals surface area contributed by atoms with Crippen LogP contribution >= 0.6 is 11.6 Å². The van der Waals surface area contributed by atoms with E-state index in [2.05, 4.69) is 9.97 Å². The first-order valence-corrected chi connectivity index (χ1v) is 10.0. The Labute approximate surface area is 188 Å². The predicted octanol–water partition coefficient (Wildman–Crippen LogP) is 6.41. The van der Waals surface area contributed by atoms with Gasteiger partial charge in [-0.25, -0.2) is 4.39 Å². The second-order valence-corrected chi connectivity index (χ2v) is 7.74. The van der Waals surface area contributed by atoms with Gasteiger partial charge in [0.25, 0.3) is 5.56 Å². The second-order valence-electron chi connectivity index (χ2n) is 7.33. The van der Waals surface area contributed by atoms with Crippen molar-refractivity contribution in [2.24, 2.45) is 0 Å². The summed E-state index contributed by atoms with van der Waals surface area (Å²) in [5, 5.41) is 1.10. The molecule has 0 saturated heterocycles. The van der Waals surface area contributed by atoms with Gasteiger partial charge in [-0.2, -0.15) is 13.2 Å². The van der Waals surface area contributed by atoms with E-state index < -0.39 is 17.7 Å². The summed E-state index contributed by atoms with van der Waals surface area (Å²) in [6.07, 6.45) is -1.78. The van der Waals surface area contributed by atoms with Crippen LogP contribution in [0.2, 0.25) is 5.02 Å². The first-order chi connectivity index (χ1) is 15.7. The van der Waals surface area contributed by atoms with E-state index in [0.717, 1.165) is 12.3 Å². The molecular weight excluding hydrogens is 458 g/mol. The fraction of sp³-hybridized carbons (Fsp3) is 0.0417. The van der Waals surface area contributed by atoms with Gasteiger partial charge in [-0.05, 0) is 48.0 Å². The molecular formula is C24H12ClF4N3O. The Morgan fingerprint density at radius 1 is 0.848 bits per heavy atom. The lowest BCUT2D eigenvalue weighted by Gasteiger charge is -2.14. The number of pyridine rings is 3. The van der Waals surface area contributed by atoms with Gasteiger partial charge in [0.05, 0.1) is 21.7 Å². The molecule has 0 bridgehead atoms. The second kappa shape index (κ2) is 7.67. The quantitative estimate of drug-likeness (QED) is 0.222. The van der Waals surface area contributed by atoms with Crippen LogP contribution in [-0.4, -0.2) is 14.5 Å². The number of hydrogen-bond donors (Lipinski definition) is 0. The zero-order valence-corrected chi connectivity index (χ0v) is 17.3. The summed E-state index contributed by atoms with van der Waals surface area (Å²) in [4.78, 5) is 20.8. The average molecular weight is 470 g/mol. The van der Waals surface area contributed by atoms with Crippen molar-refractivity contribution in [1.82, 2.24) is 14.5 Å². The number of nitrogens with zero attached hydrogens (tertiary/aromatic N) is 3. The van der Waals surface area contributed by atoms with Gasteiger partial charge in [-0.3, -0.25) is 19.3 Å². The number of aromatic nitrogens is 3. The van der Waals surface area contributed by atoms with Crippen molar-refractivity contribution in [2.75, 3.05) is 0 Å². The lowest BCUT2D eigenvalue weighted by atomic mass is 10.0. The topological polar surface area (TPSA) is 47.8 Å². The van der Waals surface area contributed by atoms with Crippen LogP contribution in [0.25, 0.3) is 38.6 Å². The summed E-state index contributed by atoms with van der Waals surface area (Å²) in [6, 6.07) is 14.4. The average Bonchev–Trinajstić information content (AvgIpc) is 2.80. The Morgan fingerprint density at radius 2 is 1.64 bits per heavy atom. The fourth-order valence-corrected chi connectivity index (χ4v) is 3.88. The molecule has 0 fully saturated rings. The molecule has 5 rings (SSSR count). The molecule has 9 heteroatoms. The van der Waals surface area contributed by atoms with Gasteiger partial charge < -0.3 is 0 Å². The lowest BCUT2D eigenvalue weighted by Crippen LogP contribution is -2.17. The standard InChI is InChI=1S/C24H12ClF4N3O/c25-18-10-16(4-5-19(18)26)32-22(33)8-3-15-12-30-20-6-1-13(9-17(20)23(15)32)14-2-7-21(31-11-14)24(27,28)29/h1-12H. The summed E-state index contributed by atoms with van der Waals surface area (Å²) < 4.78 is 53.7. The molecule has 0 unspecified atom stereocenters. The predicted molar refractivity (Wildman–Crippen MR) is 118 cm³/mol. The Balaban J connectivity index is 1.77. The zero-order valence-electron chi connectivity index (χ0n) is 16.6. The summed E-state index contributed by atoms with van der Waals surface area (Å²) >= 11 is 5.95. The molecule has 5 aromatic rings. The molecule has 0 atom stereocenters. The highest BCUT2D eigenvalue weighted by Crippen LogP contribution is 2.32. The van der Waals surface area contributed by atoms with Crippen molar-refractivity contribution in [1.29, 1.82) is 0 Å². The van der Waals surface area contributed by atoms with E-state index in [1.54, 1.807) is 30.5 Å². The Kier molecular flexibility index (Phi) is 4.90. The maximum absolute atomic E-state index is 13.7. The van der Waals surface area contributed by atoms with Gasteiger partial charge in [-0.1, -0.05) is 23.7 Å². The van der Waals surface area contributed by atoms with Gasteiger partial charge in [0, 0.05) is 34.8 Å². The molecule has 164 valence electrons. The molecule has 3 heterocycles. The largest absolute Gasteiger partial charge is 0.433 e. The maximum Gasteiger partial charge on any atom is 0.433 e. The Bertz CT molecular complexity index is 1590. The van der Waals surface area contributed by atoms with E-state index in [1.807, 2.05) is 0 Å². The SMILES string of the molecule is O=c1ccc2cnc3ccc(-c4ccc(C(F)(F)F)nc4)cc3c2n1-c1ccc(F)c(Cl)c1. The van der Waals surface area contributed by atoms with Crippen molar-refractivity contribution < 1.29 is 17.6 Å². The minimum Gasteiger partial charge on any atom is -0.276 e. The molecule has 0 N–H and O–H groups in total. The number of benzene rings is 2. The third kappa shape index (κ3) is 3.72. The summed E-state index contributed by atoms with van der Waals surface area (Å²) in [5.74, 6) is -0.614. The van der Waals surface area contributed by atoms with E-state index in [1.165, 1.54) is 34.9 Å². The molecule has 0 amide bonds. The molecule has 0 saturated carbocycles. The molecule has 0 aliphatic carbocycles. The van der Waals surface area contributed by atoms with Crippen LogP contribution in [-0.2, 0) is 6.18 Å². The summed E-state index contributed by atoms with van der Waals surface area (Å²) in [5.41, 5.74) is 1.16. The first-order valence-electron chi connectivity index (χ1n) is 9.66. The molecule has 4 nitrogen and oxygen atoms in total. The van der Waals surface area contributed by atoms with Crippen molar-refractivity contribution in [3.8, 4) is 16.8 Å². The third-order valence-corrected chi connectivity index (χ3v) is 5.56. The van der Waals surface area contributed by atoms with Crippen LogP contribution in [0.1, 0.15) is 5.69 Å². The molecule has 3 aromatic heterocycles. The van der Waals surface area contributed by atoms with Crippen molar-refractivity contribution in [3.63, 3.8) is 0 Å². The highest BCUT2D eigenvalue weighted by atomic mass is 35.5. The van der Waals surface area contributed by atoms with Crippen LogP contribution in [0, 0.1) is 5.82 Å². The van der Waals surface area contributed by atoms with Crippen LogP contribution < -0.4 is 5.56 Å². The Morgan fingerprint density at radius 3 is 2.33 bits per heavy atom. The van der Waals surface area contributed by atoms with Crippen molar-refractivity contribution in [3.05, 3.63) is 99.9 Å². The highest BCUT2D eigenvalue weighted by Gasteiger charge is 2.32. The third-order valence-electron chi connectivity index (χ3n) is 5.27. The fourth-order valence-electron chi connectivity index (χ4n) is 3.70. The summed E-state index contributed by atoms with van der Waals surface area (Å²) in [6.45, 7) is 0. The number of hydrogen-bond acceptors (Lipinski definition) is 3. The number of fused-ring (bicyclic) bond motifs is 3. The number of alkyl halides is 3. The van der Waals surface area contributed by atoms with Gasteiger partial charge >= 0.3 is 6.18 Å². The highest BCUT2D eigenvalue weighted by molar-refractivity contribution is 6.30. The van der Waals surface area contributed by atoms with E-state index >= 15 is 0 Å². The van der Waals surface area contributed by atoms with Gasteiger partial charge in [-0.15, -0.1) is 0 Å². The molecule has 0 aliphatic rings. The summed E-state index contributed by atoms with van der Waals surface area (Å²) in [7, 11) is 0. The van der Waals surface area contributed by atoms with Gasteiger partial charge in [0.15, 0.2) is 0 Å². The maximum atomic E-state index is 13.7. The monoisotopic (exact) mass is 469 g/mol. The van der Waals surface area contributed by atoms with Crippen LogP contribution in [0.15, 0.2) is 77.9 Å². The van der Waals surface area contributed by atoms with E-state index in [0.29, 0.717) is 38.6 Å². The number of rotatable bonds is 2. The zero-order chi connectivity index (χ0) is 23.3. The van der Waals surface area contributed by atoms with Gasteiger partial charge in [0.2, 0.25) is 0 Å². The van der Waals surface area contributed by atoms with Crippen LogP contribution in [0.3, 0.4) is 0 Å². The Hall–Kier alpha value is -3.78. The lowest BCUT2D eigenvalue weighted by molar-refractivity contribution is -0.141. The van der Waals surface area contributed by atoms with Gasteiger partial charge in [0.1, 0.15) is 11.5 Å². The van der Waals surface area contributed by atoms with E-state index in [9.17, 15) is 22.4 Å². The van der Waals surface area contributed by atoms with Crippen molar-refractivity contribution in [2.45, 2.75) is 6.18 Å². The molecule has 0 aliphatic heterocycles. The first kappa shape index (κ1) is 21.1. The molecule has 0 radical (unpaired) electrons. The molecule has 33 heavy (non-hydrogen) atoms. The minimum absolute atomic E-state index is 0.133. The van der Waals surface area contributed by atoms with Crippen LogP contribution in [0.5, 0.6) is 0 Å². The molecule has 2 aromatic carbocycles. The normalized spacial score (nSPS) is 11.9. The van der Waals surface area contributed by atoms with E-state index in [-0.39, 0.29) is 10.6 Å². The minimum atomic E-state index is -4.53.